The van der Waals surface area contributed by atoms with Crippen molar-refractivity contribution in [1.29, 1.82) is 0 Å². The fourth-order valence-electron chi connectivity index (χ4n) is 0.850. The lowest BCUT2D eigenvalue weighted by molar-refractivity contribution is 0.615. The van der Waals surface area contributed by atoms with Gasteiger partial charge in [0.15, 0.2) is 0 Å². The summed E-state index contributed by atoms with van der Waals surface area (Å²) in [5, 5.41) is 0. The molecule has 1 aliphatic carbocycles. The van der Waals surface area contributed by atoms with Crippen molar-refractivity contribution in [2.75, 3.05) is 0 Å². The number of allylic oxidation sites excluding steroid dienone is 5. The molecule has 0 saturated carbocycles. The Labute approximate surface area is 90.5 Å². The van der Waals surface area contributed by atoms with E-state index in [9.17, 15) is 8.42 Å². The molecule has 1 atom stereocenters. The Morgan fingerprint density at radius 1 is 1.46 bits per heavy atom. The van der Waals surface area contributed by atoms with E-state index in [1.165, 1.54) is 12.2 Å². The molecular formula is C8H8BrClO2S. The minimum absolute atomic E-state index is 0.105. The molecule has 1 rings (SSSR count). The summed E-state index contributed by atoms with van der Waals surface area (Å²) in [6, 6.07) is 0. The highest BCUT2D eigenvalue weighted by Gasteiger charge is 2.17. The first-order valence-electron chi connectivity index (χ1n) is 3.54. The standard InChI is InChI=1S/C8H8BrClO2S/c1-8(9)5-2-3-7(4-6-8)13(10,11)12/h2-6H,1H3. The first-order chi connectivity index (χ1) is 5.81. The van der Waals surface area contributed by atoms with Gasteiger partial charge in [-0.1, -0.05) is 34.2 Å². The highest BCUT2D eigenvalue weighted by Crippen LogP contribution is 2.26. The van der Waals surface area contributed by atoms with Crippen molar-refractivity contribution in [3.8, 4) is 0 Å². The molecule has 0 saturated heterocycles. The maximum Gasteiger partial charge on any atom is 0.261 e. The van der Waals surface area contributed by atoms with E-state index in [0.717, 1.165) is 0 Å². The van der Waals surface area contributed by atoms with Crippen molar-refractivity contribution in [1.82, 2.24) is 0 Å². The van der Waals surface area contributed by atoms with Crippen molar-refractivity contribution in [3.05, 3.63) is 35.3 Å². The second-order valence-corrected chi connectivity index (χ2v) is 7.13. The molecule has 0 heterocycles. The third-order valence-corrected chi connectivity index (χ3v) is 3.44. The smallest absolute Gasteiger partial charge is 0.207 e. The van der Waals surface area contributed by atoms with Gasteiger partial charge in [0.2, 0.25) is 0 Å². The Morgan fingerprint density at radius 3 is 2.62 bits per heavy atom. The first-order valence-corrected chi connectivity index (χ1v) is 6.64. The fourth-order valence-corrected chi connectivity index (χ4v) is 1.91. The van der Waals surface area contributed by atoms with Crippen LogP contribution in [0.15, 0.2) is 35.3 Å². The molecule has 0 radical (unpaired) electrons. The SMILES string of the molecule is CC1(Br)C=CC=C(S(=O)(=O)Cl)C=C1. The summed E-state index contributed by atoms with van der Waals surface area (Å²) >= 11 is 3.39. The largest absolute Gasteiger partial charge is 0.261 e. The van der Waals surface area contributed by atoms with Crippen LogP contribution in [0, 0.1) is 0 Å². The van der Waals surface area contributed by atoms with Gasteiger partial charge < -0.3 is 0 Å². The van der Waals surface area contributed by atoms with Gasteiger partial charge in [-0.2, -0.15) is 0 Å². The molecule has 1 aliphatic rings. The van der Waals surface area contributed by atoms with Crippen LogP contribution in [0.5, 0.6) is 0 Å². The Kier molecular flexibility index (Phi) is 3.05. The van der Waals surface area contributed by atoms with Gasteiger partial charge in [-0.15, -0.1) is 0 Å². The molecule has 0 aromatic rings. The van der Waals surface area contributed by atoms with Gasteiger partial charge in [0.05, 0.1) is 9.23 Å². The number of hydrogen-bond acceptors (Lipinski definition) is 2. The molecule has 0 aromatic heterocycles. The molecule has 0 N–H and O–H groups in total. The molecule has 0 amide bonds. The lowest BCUT2D eigenvalue weighted by Crippen LogP contribution is -2.05. The predicted octanol–water partition coefficient (Wildman–Crippen LogP) is 2.72. The average molecular weight is 284 g/mol. The lowest BCUT2D eigenvalue weighted by atomic mass is 10.1. The Morgan fingerprint density at radius 2 is 2.08 bits per heavy atom. The van der Waals surface area contributed by atoms with E-state index < -0.39 is 9.05 Å². The van der Waals surface area contributed by atoms with E-state index in [0.29, 0.717) is 0 Å². The van der Waals surface area contributed by atoms with Gasteiger partial charge >= 0.3 is 0 Å². The van der Waals surface area contributed by atoms with Crippen LogP contribution in [0.2, 0.25) is 0 Å². The molecule has 0 fully saturated rings. The van der Waals surface area contributed by atoms with Crippen LogP contribution in [0.25, 0.3) is 0 Å². The van der Waals surface area contributed by atoms with E-state index in [1.54, 1.807) is 12.2 Å². The molecule has 1 unspecified atom stereocenters. The summed E-state index contributed by atoms with van der Waals surface area (Å²) in [6.45, 7) is 1.90. The first kappa shape index (κ1) is 11.0. The average Bonchev–Trinajstić information content (AvgIpc) is 2.08. The Bertz CT molecular complexity index is 390. The second-order valence-electron chi connectivity index (χ2n) is 2.85. The molecule has 0 aliphatic heterocycles. The van der Waals surface area contributed by atoms with Crippen molar-refractivity contribution < 1.29 is 8.42 Å². The van der Waals surface area contributed by atoms with Crippen LogP contribution >= 0.6 is 26.6 Å². The topological polar surface area (TPSA) is 34.1 Å². The number of alkyl halides is 1. The van der Waals surface area contributed by atoms with Gasteiger partial charge in [-0.05, 0) is 19.1 Å². The van der Waals surface area contributed by atoms with E-state index in [2.05, 4.69) is 15.9 Å². The molecule has 72 valence electrons. The number of hydrogen-bond donors (Lipinski definition) is 0. The third-order valence-electron chi connectivity index (χ3n) is 1.54. The molecular weight excluding hydrogens is 276 g/mol. The summed E-state index contributed by atoms with van der Waals surface area (Å²) in [5.41, 5.74) is 0. The quantitative estimate of drug-likeness (QED) is 0.548. The fraction of sp³-hybridized carbons (Fsp3) is 0.250. The maximum atomic E-state index is 10.9. The summed E-state index contributed by atoms with van der Waals surface area (Å²) in [5.74, 6) is 0. The van der Waals surface area contributed by atoms with Crippen molar-refractivity contribution in [2.45, 2.75) is 11.2 Å². The summed E-state index contributed by atoms with van der Waals surface area (Å²) in [6.07, 6.45) is 8.16. The van der Waals surface area contributed by atoms with Crippen LogP contribution < -0.4 is 0 Å². The molecule has 5 heteroatoms. The van der Waals surface area contributed by atoms with Crippen LogP contribution in [0.1, 0.15) is 6.92 Å². The van der Waals surface area contributed by atoms with Gasteiger partial charge in [-0.25, -0.2) is 8.42 Å². The van der Waals surface area contributed by atoms with Crippen LogP contribution in [-0.2, 0) is 9.05 Å². The molecule has 2 nitrogen and oxygen atoms in total. The Balaban J connectivity index is 3.10. The molecule has 0 aromatic carbocycles. The van der Waals surface area contributed by atoms with Gasteiger partial charge in [0.1, 0.15) is 0 Å². The zero-order chi connectivity index (χ0) is 10.1. The normalized spacial score (nSPS) is 28.4. The van der Waals surface area contributed by atoms with Crippen LogP contribution in [0.4, 0.5) is 0 Å². The van der Waals surface area contributed by atoms with Gasteiger partial charge in [0.25, 0.3) is 9.05 Å². The Hall–Kier alpha value is -0.0600. The summed E-state index contributed by atoms with van der Waals surface area (Å²) < 4.78 is 21.6. The van der Waals surface area contributed by atoms with Crippen molar-refractivity contribution >= 4 is 35.7 Å². The number of halogens is 2. The van der Waals surface area contributed by atoms with Crippen LogP contribution in [-0.4, -0.2) is 12.7 Å². The molecule has 0 bridgehead atoms. The number of rotatable bonds is 1. The second kappa shape index (κ2) is 3.59. The molecule has 0 spiro atoms. The third kappa shape index (κ3) is 3.29. The van der Waals surface area contributed by atoms with Gasteiger partial charge in [-0.3, -0.25) is 0 Å². The zero-order valence-electron chi connectivity index (χ0n) is 6.87. The molecule has 13 heavy (non-hydrogen) atoms. The summed E-state index contributed by atoms with van der Waals surface area (Å²) in [4.78, 5) is 0.105. The van der Waals surface area contributed by atoms with Gasteiger partial charge in [0, 0.05) is 10.7 Å². The van der Waals surface area contributed by atoms with E-state index in [1.807, 2.05) is 13.0 Å². The predicted molar refractivity (Wildman–Crippen MR) is 58.5 cm³/mol. The van der Waals surface area contributed by atoms with E-state index in [-0.39, 0.29) is 9.23 Å². The highest BCUT2D eigenvalue weighted by atomic mass is 79.9. The summed E-state index contributed by atoms with van der Waals surface area (Å²) in [7, 11) is 1.56. The van der Waals surface area contributed by atoms with Crippen molar-refractivity contribution in [2.24, 2.45) is 0 Å². The minimum Gasteiger partial charge on any atom is -0.207 e. The maximum absolute atomic E-state index is 10.9. The minimum atomic E-state index is -3.62. The van der Waals surface area contributed by atoms with E-state index >= 15 is 0 Å². The lowest BCUT2D eigenvalue weighted by Gasteiger charge is -2.09. The van der Waals surface area contributed by atoms with E-state index in [4.69, 9.17) is 10.7 Å². The zero-order valence-corrected chi connectivity index (χ0v) is 10.0. The highest BCUT2D eigenvalue weighted by molar-refractivity contribution is 9.10. The monoisotopic (exact) mass is 282 g/mol. The van der Waals surface area contributed by atoms with Crippen LogP contribution in [0.3, 0.4) is 0 Å². The van der Waals surface area contributed by atoms with Crippen molar-refractivity contribution in [3.63, 3.8) is 0 Å².